The molecule has 0 fully saturated rings. The van der Waals surface area contributed by atoms with Gasteiger partial charge in [0, 0.05) is 16.7 Å². The molecule has 0 bridgehead atoms. The van der Waals surface area contributed by atoms with E-state index in [4.69, 9.17) is 4.74 Å². The number of carbonyl (C=O) groups is 3. The molecule has 4 nitrogen and oxygen atoms in total. The molecular formula is C18H32O4. The molecule has 0 heterocycles. The molecule has 0 N–H and O–H groups in total. The lowest BCUT2D eigenvalue weighted by atomic mass is 9.67. The van der Waals surface area contributed by atoms with E-state index in [-0.39, 0.29) is 17.5 Å². The van der Waals surface area contributed by atoms with Crippen molar-refractivity contribution in [3.8, 4) is 0 Å². The van der Waals surface area contributed by atoms with Crippen molar-refractivity contribution in [2.75, 3.05) is 0 Å². The Kier molecular flexibility index (Phi) is 6.70. The van der Waals surface area contributed by atoms with Gasteiger partial charge in [0.15, 0.2) is 5.78 Å². The molecule has 0 radical (unpaired) electrons. The van der Waals surface area contributed by atoms with Crippen molar-refractivity contribution >= 4 is 17.9 Å². The lowest BCUT2D eigenvalue weighted by Crippen LogP contribution is -2.48. The fourth-order valence-corrected chi connectivity index (χ4v) is 3.41. The zero-order chi connectivity index (χ0) is 17.9. The van der Waals surface area contributed by atoms with Crippen molar-refractivity contribution < 1.29 is 19.1 Å². The second-order valence-corrected chi connectivity index (χ2v) is 8.26. The number of carbonyl (C=O) groups excluding carboxylic acids is 3. The summed E-state index contributed by atoms with van der Waals surface area (Å²) < 4.78 is 5.56. The predicted molar refractivity (Wildman–Crippen MR) is 87.7 cm³/mol. The van der Waals surface area contributed by atoms with E-state index in [2.05, 4.69) is 0 Å². The largest absolute Gasteiger partial charge is 0.357 e. The van der Waals surface area contributed by atoms with Crippen LogP contribution in [0.25, 0.3) is 0 Å². The summed E-state index contributed by atoms with van der Waals surface area (Å²) in [6.07, 6.45) is 0.479. The molecule has 1 atom stereocenters. The molecule has 0 aliphatic heterocycles. The Hall–Kier alpha value is -1.03. The van der Waals surface area contributed by atoms with Gasteiger partial charge in [-0.05, 0) is 27.2 Å². The Morgan fingerprint density at radius 3 is 1.77 bits per heavy atom. The summed E-state index contributed by atoms with van der Waals surface area (Å²) in [6.45, 7) is 16.1. The molecule has 0 aliphatic carbocycles. The molecule has 0 aromatic carbocycles. The van der Waals surface area contributed by atoms with Gasteiger partial charge in [-0.1, -0.05) is 41.5 Å². The van der Waals surface area contributed by atoms with Crippen molar-refractivity contribution in [2.45, 2.75) is 80.4 Å². The molecule has 0 aliphatic rings. The Morgan fingerprint density at radius 2 is 1.41 bits per heavy atom. The quantitative estimate of drug-likeness (QED) is 0.610. The summed E-state index contributed by atoms with van der Waals surface area (Å²) in [5, 5.41) is 0. The molecule has 0 aromatic heterocycles. The molecule has 0 saturated carbocycles. The maximum atomic E-state index is 12.9. The molecule has 4 heteroatoms. The van der Waals surface area contributed by atoms with Gasteiger partial charge in [-0.25, -0.2) is 0 Å². The van der Waals surface area contributed by atoms with Crippen LogP contribution in [0.2, 0.25) is 0 Å². The first-order valence-electron chi connectivity index (χ1n) is 7.89. The molecule has 0 aromatic rings. The Balaban J connectivity index is 5.26. The first kappa shape index (κ1) is 21.0. The van der Waals surface area contributed by atoms with Gasteiger partial charge in [0.1, 0.15) is 23.8 Å². The van der Waals surface area contributed by atoms with Gasteiger partial charge in [0.2, 0.25) is 0 Å². The van der Waals surface area contributed by atoms with Crippen LogP contribution in [-0.4, -0.2) is 29.6 Å². The summed E-state index contributed by atoms with van der Waals surface area (Å²) in [6, 6.07) is 0. The minimum Gasteiger partial charge on any atom is -0.357 e. The lowest BCUT2D eigenvalue weighted by Gasteiger charge is -2.38. The fourth-order valence-electron chi connectivity index (χ4n) is 3.41. The topological polar surface area (TPSA) is 60.4 Å². The van der Waals surface area contributed by atoms with Gasteiger partial charge in [-0.15, -0.1) is 0 Å². The van der Waals surface area contributed by atoms with Crippen molar-refractivity contribution in [3.05, 3.63) is 0 Å². The standard InChI is InChI=1S/C18H32O4/c1-12(2)14(20)16(4,5)11-17(6,7)15(21)18(8,9)22-13(3)10-19/h10,12-13H,11H2,1-9H3. The smallest absolute Gasteiger partial charge is 0.169 e. The van der Waals surface area contributed by atoms with Gasteiger partial charge in [0.25, 0.3) is 0 Å². The minimum atomic E-state index is -1.07. The number of hydrogen-bond donors (Lipinski definition) is 0. The van der Waals surface area contributed by atoms with Crippen molar-refractivity contribution in [3.63, 3.8) is 0 Å². The highest BCUT2D eigenvalue weighted by Crippen LogP contribution is 2.39. The number of hydrogen-bond acceptors (Lipinski definition) is 4. The maximum absolute atomic E-state index is 12.9. The first-order valence-corrected chi connectivity index (χ1v) is 7.89. The van der Waals surface area contributed by atoms with E-state index >= 15 is 0 Å². The van der Waals surface area contributed by atoms with Crippen LogP contribution >= 0.6 is 0 Å². The molecule has 0 spiro atoms. The lowest BCUT2D eigenvalue weighted by molar-refractivity contribution is -0.158. The van der Waals surface area contributed by atoms with Crippen LogP contribution in [0.5, 0.6) is 0 Å². The molecular weight excluding hydrogens is 280 g/mol. The van der Waals surface area contributed by atoms with E-state index < -0.39 is 22.5 Å². The molecule has 0 rings (SSSR count). The molecule has 0 saturated heterocycles. The van der Waals surface area contributed by atoms with Crippen molar-refractivity contribution in [2.24, 2.45) is 16.7 Å². The van der Waals surface area contributed by atoms with Gasteiger partial charge in [-0.3, -0.25) is 9.59 Å². The summed E-state index contributed by atoms with van der Waals surface area (Å²) in [7, 11) is 0. The van der Waals surface area contributed by atoms with E-state index in [0.29, 0.717) is 12.7 Å². The van der Waals surface area contributed by atoms with E-state index in [1.807, 2.05) is 41.5 Å². The van der Waals surface area contributed by atoms with Gasteiger partial charge < -0.3 is 9.53 Å². The third-order valence-electron chi connectivity index (χ3n) is 3.91. The molecule has 1 unspecified atom stereocenters. The van der Waals surface area contributed by atoms with E-state index in [1.165, 1.54) is 0 Å². The zero-order valence-corrected chi connectivity index (χ0v) is 15.6. The highest BCUT2D eigenvalue weighted by molar-refractivity contribution is 5.93. The average molecular weight is 312 g/mol. The van der Waals surface area contributed by atoms with E-state index in [9.17, 15) is 14.4 Å². The van der Waals surface area contributed by atoms with Crippen LogP contribution in [0, 0.1) is 16.7 Å². The highest BCUT2D eigenvalue weighted by atomic mass is 16.5. The van der Waals surface area contributed by atoms with Gasteiger partial charge >= 0.3 is 0 Å². The number of ether oxygens (including phenoxy) is 1. The van der Waals surface area contributed by atoms with E-state index in [1.54, 1.807) is 20.8 Å². The Bertz CT molecular complexity index is 430. The summed E-state index contributed by atoms with van der Waals surface area (Å²) in [5.74, 6) is -0.0214. The van der Waals surface area contributed by atoms with Gasteiger partial charge in [-0.2, -0.15) is 0 Å². The fraction of sp³-hybridized carbons (Fsp3) is 0.833. The van der Waals surface area contributed by atoms with Gasteiger partial charge in [0.05, 0.1) is 0 Å². The van der Waals surface area contributed by atoms with Crippen molar-refractivity contribution in [1.82, 2.24) is 0 Å². The SMILES string of the molecule is CC(C=O)OC(C)(C)C(=O)C(C)(C)CC(C)(C)C(=O)C(C)C. The first-order chi connectivity index (χ1) is 9.67. The number of rotatable bonds is 9. The van der Waals surface area contributed by atoms with Crippen LogP contribution in [0.4, 0.5) is 0 Å². The third kappa shape index (κ3) is 5.31. The van der Waals surface area contributed by atoms with Crippen molar-refractivity contribution in [1.29, 1.82) is 0 Å². The van der Waals surface area contributed by atoms with Crippen LogP contribution in [0.3, 0.4) is 0 Å². The maximum Gasteiger partial charge on any atom is 0.169 e. The second-order valence-electron chi connectivity index (χ2n) is 8.26. The number of aldehydes is 1. The summed E-state index contributed by atoms with van der Waals surface area (Å²) in [4.78, 5) is 36.0. The summed E-state index contributed by atoms with van der Waals surface area (Å²) >= 11 is 0. The number of Topliss-reactive ketones (excluding diaryl/α,β-unsaturated/α-hetero) is 2. The third-order valence-corrected chi connectivity index (χ3v) is 3.91. The minimum absolute atomic E-state index is 0.0692. The van der Waals surface area contributed by atoms with E-state index in [0.717, 1.165) is 0 Å². The molecule has 128 valence electrons. The normalized spacial score (nSPS) is 14.8. The van der Waals surface area contributed by atoms with Crippen LogP contribution in [0.1, 0.15) is 68.7 Å². The average Bonchev–Trinajstić information content (AvgIpc) is 2.34. The van der Waals surface area contributed by atoms with Crippen LogP contribution in [-0.2, 0) is 19.1 Å². The zero-order valence-electron chi connectivity index (χ0n) is 15.6. The Labute approximate surface area is 135 Å². The second kappa shape index (κ2) is 7.03. The monoisotopic (exact) mass is 312 g/mol. The van der Waals surface area contributed by atoms with Crippen LogP contribution in [0.15, 0.2) is 0 Å². The van der Waals surface area contributed by atoms with Crippen LogP contribution < -0.4 is 0 Å². The Morgan fingerprint density at radius 1 is 0.955 bits per heavy atom. The summed E-state index contributed by atoms with van der Waals surface area (Å²) in [5.41, 5.74) is -2.37. The highest BCUT2D eigenvalue weighted by Gasteiger charge is 2.45. The number of ketones is 2. The molecule has 0 amide bonds. The molecule has 22 heavy (non-hydrogen) atoms. The predicted octanol–water partition coefficient (Wildman–Crippen LogP) is 3.61.